The molecule has 1 N–H and O–H groups in total. The number of rotatable bonds is 6. The van der Waals surface area contributed by atoms with Gasteiger partial charge in [-0.15, -0.1) is 0 Å². The van der Waals surface area contributed by atoms with Crippen LogP contribution in [0.3, 0.4) is 0 Å². The van der Waals surface area contributed by atoms with Gasteiger partial charge in [0.15, 0.2) is 6.29 Å². The van der Waals surface area contributed by atoms with Crippen LogP contribution < -0.4 is 0 Å². The average Bonchev–Trinajstić information content (AvgIpc) is 2.98. The second kappa shape index (κ2) is 8.13. The summed E-state index contributed by atoms with van der Waals surface area (Å²) in [7, 11) is 1.37. The van der Waals surface area contributed by atoms with Crippen molar-refractivity contribution in [2.75, 3.05) is 20.3 Å². The Morgan fingerprint density at radius 2 is 2.25 bits per heavy atom. The van der Waals surface area contributed by atoms with E-state index < -0.39 is 0 Å². The molecule has 1 atom stereocenters. The zero-order valence-electron chi connectivity index (χ0n) is 13.9. The van der Waals surface area contributed by atoms with Gasteiger partial charge in [0, 0.05) is 29.3 Å². The minimum absolute atomic E-state index is 0.0852. The Morgan fingerprint density at radius 1 is 1.38 bits per heavy atom. The smallest absolute Gasteiger partial charge is 0.330 e. The van der Waals surface area contributed by atoms with Crippen LogP contribution in [0.4, 0.5) is 0 Å². The van der Waals surface area contributed by atoms with Gasteiger partial charge in [0.05, 0.1) is 13.7 Å². The predicted molar refractivity (Wildman–Crippen MR) is 92.6 cm³/mol. The third-order valence-corrected chi connectivity index (χ3v) is 4.23. The molecule has 5 nitrogen and oxygen atoms in total. The summed E-state index contributed by atoms with van der Waals surface area (Å²) in [4.78, 5) is 14.7. The highest BCUT2D eigenvalue weighted by Gasteiger charge is 2.15. The summed E-state index contributed by atoms with van der Waals surface area (Å²) >= 11 is 0. The van der Waals surface area contributed by atoms with Gasteiger partial charge in [-0.05, 0) is 43.4 Å². The summed E-state index contributed by atoms with van der Waals surface area (Å²) in [5, 5.41) is 1.15. The molecule has 1 aliphatic heterocycles. The molecule has 0 saturated carbocycles. The van der Waals surface area contributed by atoms with Gasteiger partial charge >= 0.3 is 5.97 Å². The fraction of sp³-hybridized carbons (Fsp3) is 0.421. The van der Waals surface area contributed by atoms with Crippen molar-refractivity contribution in [1.82, 2.24) is 4.98 Å². The molecule has 24 heavy (non-hydrogen) atoms. The van der Waals surface area contributed by atoms with E-state index in [0.29, 0.717) is 6.61 Å². The first-order valence-corrected chi connectivity index (χ1v) is 8.37. The highest BCUT2D eigenvalue weighted by atomic mass is 16.7. The second-order valence-corrected chi connectivity index (χ2v) is 5.84. The molecule has 0 aliphatic carbocycles. The van der Waals surface area contributed by atoms with E-state index in [-0.39, 0.29) is 12.3 Å². The molecule has 5 heteroatoms. The first-order valence-electron chi connectivity index (χ1n) is 8.37. The molecule has 1 aromatic carbocycles. The Kier molecular flexibility index (Phi) is 5.67. The van der Waals surface area contributed by atoms with E-state index in [4.69, 9.17) is 9.47 Å². The molecule has 1 saturated heterocycles. The summed E-state index contributed by atoms with van der Waals surface area (Å²) in [6, 6.07) is 8.11. The minimum Gasteiger partial charge on any atom is -0.466 e. The number of hydrogen-bond acceptors (Lipinski definition) is 4. The first kappa shape index (κ1) is 16.7. The molecule has 1 fully saturated rings. The van der Waals surface area contributed by atoms with Gasteiger partial charge in [0.1, 0.15) is 0 Å². The Bertz CT molecular complexity index is 713. The number of aromatic nitrogens is 1. The molecular formula is C19H23NO4. The van der Waals surface area contributed by atoms with E-state index in [1.165, 1.54) is 13.2 Å². The van der Waals surface area contributed by atoms with Gasteiger partial charge in [-0.1, -0.05) is 18.2 Å². The van der Waals surface area contributed by atoms with Crippen LogP contribution in [0.5, 0.6) is 0 Å². The maximum Gasteiger partial charge on any atom is 0.330 e. The third-order valence-electron chi connectivity index (χ3n) is 4.23. The fourth-order valence-electron chi connectivity index (χ4n) is 2.99. The van der Waals surface area contributed by atoms with Gasteiger partial charge in [0.2, 0.25) is 0 Å². The Hall–Kier alpha value is -2.11. The van der Waals surface area contributed by atoms with Crippen LogP contribution in [0.2, 0.25) is 0 Å². The number of ether oxygens (including phenoxy) is 3. The van der Waals surface area contributed by atoms with Gasteiger partial charge in [-0.25, -0.2) is 4.79 Å². The van der Waals surface area contributed by atoms with Crippen molar-refractivity contribution >= 4 is 22.9 Å². The molecule has 0 bridgehead atoms. The van der Waals surface area contributed by atoms with E-state index in [9.17, 15) is 4.79 Å². The standard InChI is InChI=1S/C19H23NO4/c1-22-18(21)10-9-17-15(14-6-2-3-7-16(14)20-17)11-13-24-19-8-4-5-12-23-19/h2-3,6-7,9-10,19-20H,4-5,8,11-13H2,1H3/b10-9+. The SMILES string of the molecule is COC(=O)/C=C/c1[nH]c2ccccc2c1CCOC1CCCCO1. The number of esters is 1. The number of para-hydroxylation sites is 1. The minimum atomic E-state index is -0.369. The van der Waals surface area contributed by atoms with Crippen LogP contribution in [-0.4, -0.2) is 37.6 Å². The normalized spacial score (nSPS) is 18.3. The van der Waals surface area contributed by atoms with Crippen molar-refractivity contribution in [2.24, 2.45) is 0 Å². The fourth-order valence-corrected chi connectivity index (χ4v) is 2.99. The van der Waals surface area contributed by atoms with Crippen LogP contribution >= 0.6 is 0 Å². The van der Waals surface area contributed by atoms with Crippen LogP contribution in [-0.2, 0) is 25.4 Å². The lowest BCUT2D eigenvalue weighted by Gasteiger charge is -2.22. The number of H-pyrrole nitrogens is 1. The van der Waals surface area contributed by atoms with Crippen molar-refractivity contribution < 1.29 is 19.0 Å². The first-order chi connectivity index (χ1) is 11.8. The molecule has 3 rings (SSSR count). The summed E-state index contributed by atoms with van der Waals surface area (Å²) in [5.74, 6) is -0.369. The lowest BCUT2D eigenvalue weighted by molar-refractivity contribution is -0.161. The Balaban J connectivity index is 1.74. The number of aromatic amines is 1. The highest BCUT2D eigenvalue weighted by molar-refractivity contribution is 5.91. The average molecular weight is 329 g/mol. The van der Waals surface area contributed by atoms with Crippen LogP contribution in [0.15, 0.2) is 30.3 Å². The van der Waals surface area contributed by atoms with Gasteiger partial charge in [0.25, 0.3) is 0 Å². The molecule has 2 aromatic rings. The molecule has 1 aliphatic rings. The molecule has 1 unspecified atom stereocenters. The topological polar surface area (TPSA) is 60.6 Å². The van der Waals surface area contributed by atoms with Crippen LogP contribution in [0.25, 0.3) is 17.0 Å². The maximum absolute atomic E-state index is 11.4. The molecule has 0 radical (unpaired) electrons. The zero-order chi connectivity index (χ0) is 16.8. The number of benzene rings is 1. The number of hydrogen-bond donors (Lipinski definition) is 1. The van der Waals surface area contributed by atoms with E-state index in [2.05, 4.69) is 15.8 Å². The van der Waals surface area contributed by atoms with Gasteiger partial charge < -0.3 is 19.2 Å². The summed E-state index contributed by atoms with van der Waals surface area (Å²) in [6.07, 6.45) is 7.10. The van der Waals surface area contributed by atoms with Gasteiger partial charge in [-0.3, -0.25) is 0 Å². The lowest BCUT2D eigenvalue weighted by Crippen LogP contribution is -2.23. The van der Waals surface area contributed by atoms with E-state index in [1.54, 1.807) is 6.08 Å². The summed E-state index contributed by atoms with van der Waals surface area (Å²) in [5.41, 5.74) is 3.10. The molecule has 0 spiro atoms. The van der Waals surface area contributed by atoms with Gasteiger partial charge in [-0.2, -0.15) is 0 Å². The number of nitrogens with one attached hydrogen (secondary N) is 1. The van der Waals surface area contributed by atoms with Crippen LogP contribution in [0.1, 0.15) is 30.5 Å². The molecular weight excluding hydrogens is 306 g/mol. The summed E-state index contributed by atoms with van der Waals surface area (Å²) in [6.45, 7) is 1.37. The number of fused-ring (bicyclic) bond motifs is 1. The Morgan fingerprint density at radius 3 is 3.04 bits per heavy atom. The summed E-state index contributed by atoms with van der Waals surface area (Å²) < 4.78 is 16.1. The zero-order valence-corrected chi connectivity index (χ0v) is 13.9. The highest BCUT2D eigenvalue weighted by Crippen LogP contribution is 2.24. The number of carbonyl (C=O) groups excluding carboxylic acids is 1. The van der Waals surface area contributed by atoms with Crippen LogP contribution in [0, 0.1) is 0 Å². The largest absolute Gasteiger partial charge is 0.466 e. The van der Waals surface area contributed by atoms with Crippen molar-refractivity contribution in [3.05, 3.63) is 41.6 Å². The van der Waals surface area contributed by atoms with E-state index >= 15 is 0 Å². The van der Waals surface area contributed by atoms with Crippen molar-refractivity contribution in [1.29, 1.82) is 0 Å². The number of carbonyl (C=O) groups is 1. The van der Waals surface area contributed by atoms with Crippen molar-refractivity contribution in [2.45, 2.75) is 32.0 Å². The second-order valence-electron chi connectivity index (χ2n) is 5.84. The monoisotopic (exact) mass is 329 g/mol. The number of methoxy groups -OCH3 is 1. The van der Waals surface area contributed by atoms with E-state index in [0.717, 1.165) is 54.5 Å². The molecule has 2 heterocycles. The molecule has 1 aromatic heterocycles. The third kappa shape index (κ3) is 4.04. The predicted octanol–water partition coefficient (Wildman–Crippen LogP) is 3.44. The quantitative estimate of drug-likeness (QED) is 0.651. The van der Waals surface area contributed by atoms with Crippen molar-refractivity contribution in [3.8, 4) is 0 Å². The van der Waals surface area contributed by atoms with Crippen molar-refractivity contribution in [3.63, 3.8) is 0 Å². The van der Waals surface area contributed by atoms with E-state index in [1.807, 2.05) is 18.2 Å². The molecule has 0 amide bonds. The Labute approximate surface area is 141 Å². The maximum atomic E-state index is 11.4. The lowest BCUT2D eigenvalue weighted by atomic mass is 10.1. The molecule has 128 valence electrons.